The Hall–Kier alpha value is -3.04. The Kier molecular flexibility index (Phi) is 5.88. The number of halogens is 1. The van der Waals surface area contributed by atoms with Gasteiger partial charge in [-0.05, 0) is 30.5 Å². The van der Waals surface area contributed by atoms with E-state index in [-0.39, 0.29) is 29.7 Å². The van der Waals surface area contributed by atoms with Crippen LogP contribution >= 0.6 is 15.9 Å². The molecular weight excluding hydrogens is 468 g/mol. The van der Waals surface area contributed by atoms with E-state index in [1.165, 1.54) is 23.1 Å². The number of aliphatic hydroxyl groups is 1. The fourth-order valence-electron chi connectivity index (χ4n) is 3.99. The number of rotatable bonds is 5. The number of carbonyl (C=O) groups excluding carboxylic acids is 2. The van der Waals surface area contributed by atoms with Gasteiger partial charge in [-0.25, -0.2) is 0 Å². The van der Waals surface area contributed by atoms with Crippen LogP contribution in [0.1, 0.15) is 30.0 Å². The molecule has 2 saturated heterocycles. The number of Topliss-reactive ketones (excluding diaryl/α,β-unsaturated/α-hetero) is 1. The molecule has 2 aliphatic rings. The van der Waals surface area contributed by atoms with Gasteiger partial charge in [0.25, 0.3) is 17.4 Å². The van der Waals surface area contributed by atoms with E-state index in [4.69, 9.17) is 4.74 Å². The Morgan fingerprint density at radius 2 is 1.97 bits per heavy atom. The number of nitrogens with zero attached hydrogens (tertiary/aromatic N) is 2. The molecule has 31 heavy (non-hydrogen) atoms. The molecule has 2 atom stereocenters. The lowest BCUT2D eigenvalue weighted by Crippen LogP contribution is -2.36. The third-order valence-corrected chi connectivity index (χ3v) is 6.01. The van der Waals surface area contributed by atoms with Crippen molar-refractivity contribution in [1.29, 1.82) is 0 Å². The van der Waals surface area contributed by atoms with Crippen molar-refractivity contribution in [3.63, 3.8) is 0 Å². The maximum atomic E-state index is 13.0. The van der Waals surface area contributed by atoms with Crippen LogP contribution in [-0.2, 0) is 14.3 Å². The summed E-state index contributed by atoms with van der Waals surface area (Å²) in [6.45, 7) is 0.740. The smallest absolute Gasteiger partial charge is 0.295 e. The monoisotopic (exact) mass is 486 g/mol. The number of likely N-dealkylation sites (tertiary alicyclic amines) is 1. The zero-order chi connectivity index (χ0) is 22.1. The SMILES string of the molecule is O=C1C(=O)N(CC2CCCO2)C(c2cccc([N+](=O)[O-])c2)/C1=C(\O)c1ccc(Br)cc1. The van der Waals surface area contributed by atoms with Gasteiger partial charge in [0.2, 0.25) is 0 Å². The maximum absolute atomic E-state index is 13.0. The van der Waals surface area contributed by atoms with Crippen molar-refractivity contribution in [2.45, 2.75) is 25.0 Å². The molecule has 0 aromatic heterocycles. The van der Waals surface area contributed by atoms with Crippen LogP contribution in [0, 0.1) is 10.1 Å². The first-order chi connectivity index (χ1) is 14.9. The van der Waals surface area contributed by atoms with Crippen molar-refractivity contribution < 1.29 is 24.4 Å². The van der Waals surface area contributed by atoms with Crippen molar-refractivity contribution in [1.82, 2.24) is 4.90 Å². The lowest BCUT2D eigenvalue weighted by Gasteiger charge is -2.27. The number of nitro benzene ring substituents is 1. The molecule has 2 aliphatic heterocycles. The number of ether oxygens (including phenoxy) is 1. The summed E-state index contributed by atoms with van der Waals surface area (Å²) in [5.74, 6) is -1.90. The first kappa shape index (κ1) is 21.2. The van der Waals surface area contributed by atoms with Crippen LogP contribution in [-0.4, -0.2) is 45.9 Å². The van der Waals surface area contributed by atoms with E-state index in [9.17, 15) is 24.8 Å². The van der Waals surface area contributed by atoms with E-state index in [1.54, 1.807) is 30.3 Å². The Morgan fingerprint density at radius 1 is 1.23 bits per heavy atom. The molecule has 0 radical (unpaired) electrons. The molecule has 2 aromatic rings. The number of benzene rings is 2. The molecule has 2 heterocycles. The van der Waals surface area contributed by atoms with E-state index in [0.717, 1.165) is 17.3 Å². The molecule has 2 aromatic carbocycles. The summed E-state index contributed by atoms with van der Waals surface area (Å²) in [7, 11) is 0. The highest BCUT2D eigenvalue weighted by atomic mass is 79.9. The first-order valence-electron chi connectivity index (χ1n) is 9.77. The quantitative estimate of drug-likeness (QED) is 0.225. The van der Waals surface area contributed by atoms with Crippen LogP contribution in [0.2, 0.25) is 0 Å². The highest BCUT2D eigenvalue weighted by Crippen LogP contribution is 2.41. The Bertz CT molecular complexity index is 1080. The number of amides is 1. The Labute approximate surface area is 186 Å². The van der Waals surface area contributed by atoms with Crippen LogP contribution in [0.15, 0.2) is 58.6 Å². The zero-order valence-corrected chi connectivity index (χ0v) is 17.9. The van der Waals surface area contributed by atoms with Crippen molar-refractivity contribution in [3.8, 4) is 0 Å². The predicted molar refractivity (Wildman–Crippen MR) is 115 cm³/mol. The van der Waals surface area contributed by atoms with Crippen molar-refractivity contribution in [2.24, 2.45) is 0 Å². The van der Waals surface area contributed by atoms with Crippen molar-refractivity contribution in [2.75, 3.05) is 13.2 Å². The van der Waals surface area contributed by atoms with Crippen LogP contribution < -0.4 is 0 Å². The molecule has 2 unspecified atom stereocenters. The highest BCUT2D eigenvalue weighted by molar-refractivity contribution is 9.10. The first-order valence-corrected chi connectivity index (χ1v) is 10.6. The zero-order valence-electron chi connectivity index (χ0n) is 16.4. The third kappa shape index (κ3) is 4.11. The lowest BCUT2D eigenvalue weighted by molar-refractivity contribution is -0.384. The number of ketones is 1. The van der Waals surface area contributed by atoms with Gasteiger partial charge in [0.1, 0.15) is 5.76 Å². The van der Waals surface area contributed by atoms with Crippen LogP contribution in [0.4, 0.5) is 5.69 Å². The molecule has 1 amide bonds. The molecule has 160 valence electrons. The topological polar surface area (TPSA) is 110 Å². The van der Waals surface area contributed by atoms with Crippen LogP contribution in [0.3, 0.4) is 0 Å². The van der Waals surface area contributed by atoms with Gasteiger partial charge in [-0.3, -0.25) is 19.7 Å². The molecule has 4 rings (SSSR count). The maximum Gasteiger partial charge on any atom is 0.295 e. The molecule has 0 saturated carbocycles. The number of carbonyl (C=O) groups is 2. The van der Waals surface area contributed by atoms with Gasteiger partial charge >= 0.3 is 0 Å². The summed E-state index contributed by atoms with van der Waals surface area (Å²) < 4.78 is 6.43. The van der Waals surface area contributed by atoms with Crippen molar-refractivity contribution >= 4 is 39.1 Å². The van der Waals surface area contributed by atoms with Gasteiger partial charge < -0.3 is 14.7 Å². The number of hydrogen-bond acceptors (Lipinski definition) is 6. The van der Waals surface area contributed by atoms with Gasteiger partial charge in [-0.1, -0.05) is 40.2 Å². The van der Waals surface area contributed by atoms with Crippen LogP contribution in [0.5, 0.6) is 0 Å². The van der Waals surface area contributed by atoms with Crippen molar-refractivity contribution in [3.05, 3.63) is 79.8 Å². The molecule has 9 heteroatoms. The van der Waals surface area contributed by atoms with Gasteiger partial charge in [0, 0.05) is 35.3 Å². The predicted octanol–water partition coefficient (Wildman–Crippen LogP) is 3.96. The molecule has 0 aliphatic carbocycles. The summed E-state index contributed by atoms with van der Waals surface area (Å²) in [6, 6.07) is 11.5. The molecular formula is C22H19BrN2O6. The highest BCUT2D eigenvalue weighted by Gasteiger charge is 2.47. The van der Waals surface area contributed by atoms with Gasteiger partial charge in [0.15, 0.2) is 0 Å². The van der Waals surface area contributed by atoms with E-state index in [0.29, 0.717) is 17.7 Å². The molecule has 0 bridgehead atoms. The standard InChI is InChI=1S/C22H19BrN2O6/c23-15-8-6-13(7-9-15)20(26)18-19(14-3-1-4-16(11-14)25(29)30)24(22(28)21(18)27)12-17-5-2-10-31-17/h1,3-4,6-9,11,17,19,26H,2,5,10,12H2/b20-18+. The molecule has 8 nitrogen and oxygen atoms in total. The third-order valence-electron chi connectivity index (χ3n) is 5.48. The minimum Gasteiger partial charge on any atom is -0.507 e. The Morgan fingerprint density at radius 3 is 2.61 bits per heavy atom. The molecule has 2 fully saturated rings. The van der Waals surface area contributed by atoms with E-state index >= 15 is 0 Å². The minimum atomic E-state index is -0.951. The fraction of sp³-hybridized carbons (Fsp3) is 0.273. The fourth-order valence-corrected chi connectivity index (χ4v) is 4.26. The lowest BCUT2D eigenvalue weighted by atomic mass is 9.95. The summed E-state index contributed by atoms with van der Waals surface area (Å²) in [5, 5.41) is 22.3. The molecule has 0 spiro atoms. The van der Waals surface area contributed by atoms with E-state index in [1.807, 2.05) is 0 Å². The van der Waals surface area contributed by atoms with Crippen LogP contribution in [0.25, 0.3) is 5.76 Å². The number of nitro groups is 1. The summed E-state index contributed by atoms with van der Waals surface area (Å²) in [5.41, 5.74) is 0.494. The second kappa shape index (κ2) is 8.60. The Balaban J connectivity index is 1.85. The van der Waals surface area contributed by atoms with E-state index in [2.05, 4.69) is 15.9 Å². The average Bonchev–Trinajstić information content (AvgIpc) is 3.36. The number of non-ortho nitro benzene ring substituents is 1. The van der Waals surface area contributed by atoms with E-state index < -0.39 is 22.7 Å². The second-order valence-corrected chi connectivity index (χ2v) is 8.36. The second-order valence-electron chi connectivity index (χ2n) is 7.45. The van der Waals surface area contributed by atoms with Gasteiger partial charge in [0.05, 0.1) is 22.6 Å². The number of hydrogen-bond donors (Lipinski definition) is 1. The summed E-state index contributed by atoms with van der Waals surface area (Å²) in [4.78, 5) is 38.0. The largest absolute Gasteiger partial charge is 0.507 e. The minimum absolute atomic E-state index is 0.0918. The summed E-state index contributed by atoms with van der Waals surface area (Å²) >= 11 is 3.32. The molecule has 1 N–H and O–H groups in total. The van der Waals surface area contributed by atoms with Gasteiger partial charge in [-0.2, -0.15) is 0 Å². The number of aliphatic hydroxyl groups excluding tert-OH is 1. The average molecular weight is 487 g/mol. The normalized spacial score (nSPS) is 22.8. The summed E-state index contributed by atoms with van der Waals surface area (Å²) in [6.07, 6.45) is 1.37. The van der Waals surface area contributed by atoms with Gasteiger partial charge in [-0.15, -0.1) is 0 Å².